The van der Waals surface area contributed by atoms with Crippen molar-refractivity contribution >= 4 is 29.2 Å². The number of methoxy groups -OCH3 is 3. The van der Waals surface area contributed by atoms with Gasteiger partial charge >= 0.3 is 5.97 Å². The van der Waals surface area contributed by atoms with Gasteiger partial charge in [0, 0.05) is 23.4 Å². The predicted molar refractivity (Wildman–Crippen MR) is 108 cm³/mol. The molecule has 0 atom stereocenters. The molecule has 2 aromatic carbocycles. The first-order chi connectivity index (χ1) is 13.9. The summed E-state index contributed by atoms with van der Waals surface area (Å²) in [6.45, 7) is 1.51. The molecule has 0 radical (unpaired) electrons. The second-order valence-electron chi connectivity index (χ2n) is 5.91. The van der Waals surface area contributed by atoms with E-state index in [9.17, 15) is 14.4 Å². The summed E-state index contributed by atoms with van der Waals surface area (Å²) in [5.74, 6) is -0.410. The van der Waals surface area contributed by atoms with E-state index in [0.29, 0.717) is 28.4 Å². The normalized spacial score (nSPS) is 10.7. The van der Waals surface area contributed by atoms with Crippen LogP contribution in [0.15, 0.2) is 54.1 Å². The van der Waals surface area contributed by atoms with Gasteiger partial charge in [0.25, 0.3) is 5.91 Å². The first kappa shape index (κ1) is 21.5. The highest BCUT2D eigenvalue weighted by molar-refractivity contribution is 6.10. The SMILES string of the molecule is COC(=O)c1ccc(NC(=O)/C(C)=C/C(=O)Nc2cc(OC)ccc2OC)cc1. The quantitative estimate of drug-likeness (QED) is 0.549. The summed E-state index contributed by atoms with van der Waals surface area (Å²) in [7, 11) is 4.29. The molecule has 0 bridgehead atoms. The molecule has 0 aliphatic heterocycles. The third-order valence-electron chi connectivity index (χ3n) is 3.93. The van der Waals surface area contributed by atoms with Gasteiger partial charge < -0.3 is 24.8 Å². The number of carbonyl (C=O) groups excluding carboxylic acids is 3. The smallest absolute Gasteiger partial charge is 0.337 e. The number of esters is 1. The number of hydrogen-bond acceptors (Lipinski definition) is 6. The van der Waals surface area contributed by atoms with Crippen molar-refractivity contribution in [2.24, 2.45) is 0 Å². The number of nitrogens with one attached hydrogen (secondary N) is 2. The third-order valence-corrected chi connectivity index (χ3v) is 3.93. The largest absolute Gasteiger partial charge is 0.497 e. The van der Waals surface area contributed by atoms with Crippen LogP contribution in [-0.4, -0.2) is 39.1 Å². The Labute approximate surface area is 168 Å². The molecule has 0 aromatic heterocycles. The van der Waals surface area contributed by atoms with Crippen LogP contribution in [0.1, 0.15) is 17.3 Å². The first-order valence-corrected chi connectivity index (χ1v) is 8.59. The number of benzene rings is 2. The van der Waals surface area contributed by atoms with Gasteiger partial charge in [0.2, 0.25) is 5.91 Å². The summed E-state index contributed by atoms with van der Waals surface area (Å²) in [5, 5.41) is 5.31. The van der Waals surface area contributed by atoms with E-state index in [1.807, 2.05) is 0 Å². The summed E-state index contributed by atoms with van der Waals surface area (Å²) >= 11 is 0. The van der Waals surface area contributed by atoms with Gasteiger partial charge in [-0.05, 0) is 43.3 Å². The van der Waals surface area contributed by atoms with Crippen LogP contribution in [0.3, 0.4) is 0 Å². The Kier molecular flexibility index (Phi) is 7.36. The lowest BCUT2D eigenvalue weighted by molar-refractivity contribution is -0.114. The van der Waals surface area contributed by atoms with Crippen LogP contribution in [0.2, 0.25) is 0 Å². The monoisotopic (exact) mass is 398 g/mol. The number of hydrogen-bond donors (Lipinski definition) is 2. The molecule has 2 N–H and O–H groups in total. The Hall–Kier alpha value is -3.81. The van der Waals surface area contributed by atoms with E-state index in [0.717, 1.165) is 0 Å². The highest BCUT2D eigenvalue weighted by Crippen LogP contribution is 2.28. The van der Waals surface area contributed by atoms with E-state index in [-0.39, 0.29) is 5.57 Å². The molecule has 0 heterocycles. The van der Waals surface area contributed by atoms with Gasteiger partial charge in [0.1, 0.15) is 11.5 Å². The molecule has 0 unspecified atom stereocenters. The zero-order valence-corrected chi connectivity index (χ0v) is 16.6. The van der Waals surface area contributed by atoms with Crippen LogP contribution in [-0.2, 0) is 14.3 Å². The lowest BCUT2D eigenvalue weighted by Crippen LogP contribution is -2.16. The van der Waals surface area contributed by atoms with Crippen molar-refractivity contribution in [2.75, 3.05) is 32.0 Å². The van der Waals surface area contributed by atoms with Crippen molar-refractivity contribution in [3.8, 4) is 11.5 Å². The average Bonchev–Trinajstić information content (AvgIpc) is 2.73. The third kappa shape index (κ3) is 5.83. The van der Waals surface area contributed by atoms with Crippen LogP contribution < -0.4 is 20.1 Å². The number of rotatable bonds is 7. The Bertz CT molecular complexity index is 935. The summed E-state index contributed by atoms with van der Waals surface area (Å²) in [5.41, 5.74) is 1.45. The van der Waals surface area contributed by atoms with Gasteiger partial charge in [-0.25, -0.2) is 4.79 Å². The van der Waals surface area contributed by atoms with Crippen molar-refractivity contribution in [3.63, 3.8) is 0 Å². The number of ether oxygens (including phenoxy) is 3. The maximum atomic E-state index is 12.3. The molecule has 2 rings (SSSR count). The van der Waals surface area contributed by atoms with Crippen LogP contribution in [0.5, 0.6) is 11.5 Å². The number of anilines is 2. The minimum atomic E-state index is -0.495. The summed E-state index contributed by atoms with van der Waals surface area (Å²) < 4.78 is 15.0. The Balaban J connectivity index is 2.05. The standard InChI is InChI=1S/C21H22N2O6/c1-13(20(25)22-15-7-5-14(6-8-15)21(26)29-4)11-19(24)23-17-12-16(27-2)9-10-18(17)28-3/h5-12H,1-4H3,(H,22,25)(H,23,24)/b13-11+. The van der Waals surface area contributed by atoms with Gasteiger partial charge in [-0.15, -0.1) is 0 Å². The Morgan fingerprint density at radius 3 is 2.17 bits per heavy atom. The minimum Gasteiger partial charge on any atom is -0.497 e. The number of amides is 2. The Morgan fingerprint density at radius 2 is 1.59 bits per heavy atom. The van der Waals surface area contributed by atoms with E-state index < -0.39 is 17.8 Å². The fourth-order valence-electron chi connectivity index (χ4n) is 2.38. The molecule has 152 valence electrons. The van der Waals surface area contributed by atoms with Crippen LogP contribution in [0.25, 0.3) is 0 Å². The molecule has 2 amide bonds. The lowest BCUT2D eigenvalue weighted by Gasteiger charge is -2.11. The molecule has 0 aliphatic carbocycles. The molecular formula is C21H22N2O6. The highest BCUT2D eigenvalue weighted by atomic mass is 16.5. The number of carbonyl (C=O) groups is 3. The van der Waals surface area contributed by atoms with Crippen LogP contribution in [0, 0.1) is 0 Å². The Morgan fingerprint density at radius 1 is 0.897 bits per heavy atom. The minimum absolute atomic E-state index is 0.196. The molecule has 8 nitrogen and oxygen atoms in total. The van der Waals surface area contributed by atoms with Crippen molar-refractivity contribution < 1.29 is 28.6 Å². The van der Waals surface area contributed by atoms with Crippen molar-refractivity contribution in [3.05, 3.63) is 59.7 Å². The van der Waals surface area contributed by atoms with Crippen molar-refractivity contribution in [1.82, 2.24) is 0 Å². The van der Waals surface area contributed by atoms with E-state index in [4.69, 9.17) is 9.47 Å². The molecule has 2 aromatic rings. The zero-order chi connectivity index (χ0) is 21.4. The lowest BCUT2D eigenvalue weighted by atomic mass is 10.2. The molecule has 0 spiro atoms. The molecule has 0 saturated carbocycles. The fourth-order valence-corrected chi connectivity index (χ4v) is 2.38. The van der Waals surface area contributed by atoms with Gasteiger partial charge in [-0.2, -0.15) is 0 Å². The highest BCUT2D eigenvalue weighted by Gasteiger charge is 2.11. The predicted octanol–water partition coefficient (Wildman–Crippen LogP) is 3.01. The van der Waals surface area contributed by atoms with E-state index >= 15 is 0 Å². The molecule has 0 fully saturated rings. The van der Waals surface area contributed by atoms with Gasteiger partial charge in [0.05, 0.1) is 32.6 Å². The van der Waals surface area contributed by atoms with E-state index in [1.165, 1.54) is 46.5 Å². The maximum Gasteiger partial charge on any atom is 0.337 e. The summed E-state index contributed by atoms with van der Waals surface area (Å²) in [4.78, 5) is 36.0. The molecule has 8 heteroatoms. The topological polar surface area (TPSA) is 103 Å². The summed E-state index contributed by atoms with van der Waals surface area (Å²) in [6.07, 6.45) is 1.18. The second-order valence-corrected chi connectivity index (χ2v) is 5.91. The van der Waals surface area contributed by atoms with Gasteiger partial charge in [-0.3, -0.25) is 9.59 Å². The van der Waals surface area contributed by atoms with Crippen molar-refractivity contribution in [2.45, 2.75) is 6.92 Å². The molecule has 0 aliphatic rings. The van der Waals surface area contributed by atoms with Gasteiger partial charge in [-0.1, -0.05) is 0 Å². The maximum absolute atomic E-state index is 12.3. The average molecular weight is 398 g/mol. The summed E-state index contributed by atoms with van der Waals surface area (Å²) in [6, 6.07) is 11.2. The second kappa shape index (κ2) is 9.93. The van der Waals surface area contributed by atoms with Crippen molar-refractivity contribution in [1.29, 1.82) is 0 Å². The molecular weight excluding hydrogens is 376 g/mol. The first-order valence-electron chi connectivity index (χ1n) is 8.59. The molecule has 29 heavy (non-hydrogen) atoms. The zero-order valence-electron chi connectivity index (χ0n) is 16.6. The molecule has 0 saturated heterocycles. The fraction of sp³-hybridized carbons (Fsp3) is 0.190. The van der Waals surface area contributed by atoms with Crippen LogP contribution >= 0.6 is 0 Å². The van der Waals surface area contributed by atoms with E-state index in [1.54, 1.807) is 30.3 Å². The van der Waals surface area contributed by atoms with Crippen LogP contribution in [0.4, 0.5) is 11.4 Å². The van der Waals surface area contributed by atoms with Gasteiger partial charge in [0.15, 0.2) is 0 Å². The van der Waals surface area contributed by atoms with E-state index in [2.05, 4.69) is 15.4 Å².